The summed E-state index contributed by atoms with van der Waals surface area (Å²) in [6, 6.07) is 1.00. The molecule has 2 aromatic rings. The number of hydrogen-bond donors (Lipinski definition) is 0. The molecular formula is C15H13F6N3. The molecule has 0 atom stereocenters. The Bertz CT molecular complexity index is 695. The summed E-state index contributed by atoms with van der Waals surface area (Å²) >= 11 is 0. The van der Waals surface area contributed by atoms with E-state index < -0.39 is 29.3 Å². The van der Waals surface area contributed by atoms with Crippen molar-refractivity contribution in [1.82, 2.24) is 15.0 Å². The molecule has 0 aliphatic heterocycles. The fourth-order valence-electron chi connectivity index (χ4n) is 1.81. The molecule has 0 aliphatic carbocycles. The molecule has 130 valence electrons. The molecule has 2 heterocycles. The highest BCUT2D eigenvalue weighted by Gasteiger charge is 2.39. The Labute approximate surface area is 133 Å². The van der Waals surface area contributed by atoms with Crippen molar-refractivity contribution in [2.45, 2.75) is 38.5 Å². The minimum Gasteiger partial charge on any atom is -0.239 e. The lowest BCUT2D eigenvalue weighted by atomic mass is 9.89. The summed E-state index contributed by atoms with van der Waals surface area (Å²) in [6.45, 7) is 5.63. The second-order valence-corrected chi connectivity index (χ2v) is 6.17. The van der Waals surface area contributed by atoms with Gasteiger partial charge in [0.15, 0.2) is 5.82 Å². The predicted molar refractivity (Wildman–Crippen MR) is 74.0 cm³/mol. The molecule has 0 saturated heterocycles. The molecular weight excluding hydrogens is 336 g/mol. The van der Waals surface area contributed by atoms with Crippen molar-refractivity contribution in [2.75, 3.05) is 0 Å². The SMILES string of the molecule is CC(C)(C)c1cnc(-c2cc(C(F)(F)F)nc(C(F)(F)F)c2)nc1. The highest BCUT2D eigenvalue weighted by molar-refractivity contribution is 5.56. The van der Waals surface area contributed by atoms with E-state index >= 15 is 0 Å². The summed E-state index contributed by atoms with van der Waals surface area (Å²) < 4.78 is 76.8. The van der Waals surface area contributed by atoms with Crippen molar-refractivity contribution in [1.29, 1.82) is 0 Å². The molecule has 2 rings (SSSR count). The first kappa shape index (κ1) is 18.2. The number of halogens is 6. The first-order valence-corrected chi connectivity index (χ1v) is 6.78. The Hall–Kier alpha value is -2.19. The monoisotopic (exact) mass is 349 g/mol. The summed E-state index contributed by atoms with van der Waals surface area (Å²) in [5.41, 5.74) is -3.28. The number of nitrogens with zero attached hydrogens (tertiary/aromatic N) is 3. The lowest BCUT2D eigenvalue weighted by molar-refractivity contribution is -0.150. The zero-order valence-corrected chi connectivity index (χ0v) is 12.9. The van der Waals surface area contributed by atoms with E-state index in [4.69, 9.17) is 0 Å². The van der Waals surface area contributed by atoms with E-state index in [-0.39, 0.29) is 11.2 Å². The maximum Gasteiger partial charge on any atom is 0.433 e. The van der Waals surface area contributed by atoms with E-state index in [1.54, 1.807) is 0 Å². The van der Waals surface area contributed by atoms with Crippen LogP contribution in [-0.2, 0) is 17.8 Å². The second kappa shape index (κ2) is 5.71. The van der Waals surface area contributed by atoms with Crippen LogP contribution in [0.15, 0.2) is 24.5 Å². The number of rotatable bonds is 1. The van der Waals surface area contributed by atoms with Gasteiger partial charge in [-0.3, -0.25) is 0 Å². The lowest BCUT2D eigenvalue weighted by Gasteiger charge is -2.18. The van der Waals surface area contributed by atoms with Crippen LogP contribution >= 0.6 is 0 Å². The van der Waals surface area contributed by atoms with Crippen molar-refractivity contribution < 1.29 is 26.3 Å². The molecule has 24 heavy (non-hydrogen) atoms. The highest BCUT2D eigenvalue weighted by atomic mass is 19.4. The first-order valence-electron chi connectivity index (χ1n) is 6.78. The van der Waals surface area contributed by atoms with Crippen LogP contribution in [0.5, 0.6) is 0 Å². The quantitative estimate of drug-likeness (QED) is 0.689. The highest BCUT2D eigenvalue weighted by Crippen LogP contribution is 2.35. The molecule has 3 nitrogen and oxygen atoms in total. The van der Waals surface area contributed by atoms with Crippen LogP contribution in [0.3, 0.4) is 0 Å². The van der Waals surface area contributed by atoms with E-state index in [0.717, 1.165) is 0 Å². The third kappa shape index (κ3) is 4.01. The van der Waals surface area contributed by atoms with Crippen LogP contribution < -0.4 is 0 Å². The first-order chi connectivity index (χ1) is 10.8. The average molecular weight is 349 g/mol. The number of alkyl halides is 6. The van der Waals surface area contributed by atoms with Crippen molar-refractivity contribution in [3.63, 3.8) is 0 Å². The van der Waals surface area contributed by atoms with Crippen molar-refractivity contribution >= 4 is 0 Å². The molecule has 0 aliphatic rings. The molecule has 0 amide bonds. The summed E-state index contributed by atoms with van der Waals surface area (Å²) in [6.07, 6.45) is -7.27. The van der Waals surface area contributed by atoms with Gasteiger partial charge in [-0.2, -0.15) is 26.3 Å². The van der Waals surface area contributed by atoms with Gasteiger partial charge in [-0.15, -0.1) is 0 Å². The van der Waals surface area contributed by atoms with Gasteiger partial charge in [0.25, 0.3) is 0 Å². The van der Waals surface area contributed by atoms with E-state index in [1.807, 2.05) is 20.8 Å². The molecule has 0 N–H and O–H groups in total. The Balaban J connectivity index is 2.57. The summed E-state index contributed by atoms with van der Waals surface area (Å²) in [5, 5.41) is 0. The third-order valence-electron chi connectivity index (χ3n) is 3.18. The average Bonchev–Trinajstić information content (AvgIpc) is 2.44. The van der Waals surface area contributed by atoms with E-state index in [2.05, 4.69) is 15.0 Å². The fraction of sp³-hybridized carbons (Fsp3) is 0.400. The minimum atomic E-state index is -5.01. The van der Waals surface area contributed by atoms with Gasteiger partial charge in [0.1, 0.15) is 11.4 Å². The van der Waals surface area contributed by atoms with Crippen LogP contribution in [0.25, 0.3) is 11.4 Å². The lowest BCUT2D eigenvalue weighted by Crippen LogP contribution is -2.15. The van der Waals surface area contributed by atoms with E-state index in [1.165, 1.54) is 12.4 Å². The smallest absolute Gasteiger partial charge is 0.239 e. The second-order valence-electron chi connectivity index (χ2n) is 6.17. The molecule has 0 spiro atoms. The van der Waals surface area contributed by atoms with Gasteiger partial charge in [-0.1, -0.05) is 20.8 Å². The predicted octanol–water partition coefficient (Wildman–Crippen LogP) is 4.87. The van der Waals surface area contributed by atoms with Gasteiger partial charge in [-0.25, -0.2) is 15.0 Å². The number of pyridine rings is 1. The van der Waals surface area contributed by atoms with Gasteiger partial charge in [0, 0.05) is 18.0 Å². The largest absolute Gasteiger partial charge is 0.433 e. The maximum absolute atomic E-state index is 12.8. The maximum atomic E-state index is 12.8. The number of aromatic nitrogens is 3. The molecule has 0 radical (unpaired) electrons. The van der Waals surface area contributed by atoms with Crippen LogP contribution in [0, 0.1) is 0 Å². The van der Waals surface area contributed by atoms with E-state index in [0.29, 0.717) is 17.7 Å². The van der Waals surface area contributed by atoms with Gasteiger partial charge in [0.2, 0.25) is 0 Å². The molecule has 0 unspecified atom stereocenters. The summed E-state index contributed by atoms with van der Waals surface area (Å²) in [4.78, 5) is 10.4. The van der Waals surface area contributed by atoms with Gasteiger partial charge in [0.05, 0.1) is 0 Å². The number of hydrogen-bond acceptors (Lipinski definition) is 3. The third-order valence-corrected chi connectivity index (χ3v) is 3.18. The minimum absolute atomic E-state index is 0.235. The van der Waals surface area contributed by atoms with Gasteiger partial charge in [-0.05, 0) is 23.1 Å². The van der Waals surface area contributed by atoms with Crippen molar-refractivity contribution in [3.05, 3.63) is 41.5 Å². The fourth-order valence-corrected chi connectivity index (χ4v) is 1.81. The Morgan fingerprint density at radius 2 is 1.17 bits per heavy atom. The standard InChI is InChI=1S/C15H13F6N3/c1-13(2,3)9-6-22-12(23-7-9)8-4-10(14(16,17)18)24-11(5-8)15(19,20)21/h4-7H,1-3H3. The zero-order valence-electron chi connectivity index (χ0n) is 12.9. The molecule has 9 heteroatoms. The molecule has 0 bridgehead atoms. The normalized spacial score (nSPS) is 13.2. The van der Waals surface area contributed by atoms with Crippen LogP contribution in [0.2, 0.25) is 0 Å². The van der Waals surface area contributed by atoms with Crippen LogP contribution in [0.4, 0.5) is 26.3 Å². The van der Waals surface area contributed by atoms with Crippen LogP contribution in [0.1, 0.15) is 37.7 Å². The van der Waals surface area contributed by atoms with Crippen molar-refractivity contribution in [3.8, 4) is 11.4 Å². The van der Waals surface area contributed by atoms with Crippen LogP contribution in [-0.4, -0.2) is 15.0 Å². The Morgan fingerprint density at radius 1 is 0.750 bits per heavy atom. The van der Waals surface area contributed by atoms with Crippen molar-refractivity contribution in [2.24, 2.45) is 0 Å². The molecule has 2 aromatic heterocycles. The molecule has 0 aromatic carbocycles. The van der Waals surface area contributed by atoms with Gasteiger partial charge >= 0.3 is 12.4 Å². The Kier molecular flexibility index (Phi) is 4.32. The summed E-state index contributed by atoms with van der Waals surface area (Å²) in [5.74, 6) is -0.235. The molecule has 0 saturated carbocycles. The summed E-state index contributed by atoms with van der Waals surface area (Å²) in [7, 11) is 0. The zero-order chi connectivity index (χ0) is 18.3. The topological polar surface area (TPSA) is 38.7 Å². The molecule has 0 fully saturated rings. The van der Waals surface area contributed by atoms with Gasteiger partial charge < -0.3 is 0 Å². The Morgan fingerprint density at radius 3 is 1.50 bits per heavy atom. The van der Waals surface area contributed by atoms with E-state index in [9.17, 15) is 26.3 Å².